The van der Waals surface area contributed by atoms with Gasteiger partial charge in [0.2, 0.25) is 0 Å². The van der Waals surface area contributed by atoms with Gasteiger partial charge in [0.05, 0.1) is 11.9 Å². The van der Waals surface area contributed by atoms with Crippen LogP contribution in [0.1, 0.15) is 5.69 Å². The second kappa shape index (κ2) is 4.38. The van der Waals surface area contributed by atoms with Gasteiger partial charge in [-0.3, -0.25) is 4.98 Å². The van der Waals surface area contributed by atoms with Crippen molar-refractivity contribution in [3.05, 3.63) is 53.6 Å². The molecule has 0 fully saturated rings. The van der Waals surface area contributed by atoms with E-state index in [9.17, 15) is 5.21 Å². The van der Waals surface area contributed by atoms with Crippen LogP contribution in [-0.2, 0) is 0 Å². The molecule has 0 radical (unpaired) electrons. The molecule has 0 aliphatic rings. The molecule has 4 N–H and O–H groups in total. The predicted octanol–water partition coefficient (Wildman–Crippen LogP) is 1.80. The number of H-pyrrole nitrogens is 1. The number of aromatic amines is 1. The van der Waals surface area contributed by atoms with Gasteiger partial charge in [0.1, 0.15) is 5.69 Å². The number of aromatic nitrogens is 2. The van der Waals surface area contributed by atoms with Gasteiger partial charge in [-0.1, -0.05) is 0 Å². The minimum absolute atomic E-state index is 0.105. The van der Waals surface area contributed by atoms with E-state index >= 15 is 0 Å². The molecule has 1 aromatic carbocycles. The van der Waals surface area contributed by atoms with Crippen molar-refractivity contribution < 1.29 is 5.06 Å². The number of nitrogens with one attached hydrogen (secondary N) is 2. The summed E-state index contributed by atoms with van der Waals surface area (Å²) < 4.78 is 0. The van der Waals surface area contributed by atoms with Crippen molar-refractivity contribution in [1.29, 1.82) is 0 Å². The van der Waals surface area contributed by atoms with Gasteiger partial charge in [-0.2, -0.15) is 0 Å². The number of nitrogens with two attached hydrogens (primary N) is 1. The number of benzene rings is 1. The van der Waals surface area contributed by atoms with E-state index in [4.69, 9.17) is 5.73 Å². The fourth-order valence-electron chi connectivity index (χ4n) is 2.17. The highest BCUT2D eigenvalue weighted by Crippen LogP contribution is 2.20. The Morgan fingerprint density at radius 3 is 2.89 bits per heavy atom. The molecule has 1 unspecified atom stereocenters. The predicted molar refractivity (Wildman–Crippen MR) is 75.3 cm³/mol. The van der Waals surface area contributed by atoms with E-state index < -0.39 is 0 Å². The lowest BCUT2D eigenvalue weighted by Gasteiger charge is -2.22. The minimum Gasteiger partial charge on any atom is -0.623 e. The molecule has 2 aromatic heterocycles. The Balaban J connectivity index is 2.06. The third-order valence-corrected chi connectivity index (χ3v) is 3.12. The first-order chi connectivity index (χ1) is 9.15. The van der Waals surface area contributed by atoms with Crippen LogP contribution in [0.15, 0.2) is 42.7 Å². The highest BCUT2D eigenvalue weighted by Gasteiger charge is 2.11. The first-order valence-corrected chi connectivity index (χ1v) is 5.99. The number of rotatable bonds is 2. The molecule has 5 nitrogen and oxygen atoms in total. The van der Waals surface area contributed by atoms with Crippen molar-refractivity contribution in [3.63, 3.8) is 0 Å². The second-order valence-electron chi connectivity index (χ2n) is 4.55. The van der Waals surface area contributed by atoms with Crippen LogP contribution in [0.25, 0.3) is 10.9 Å². The van der Waals surface area contributed by atoms with Crippen molar-refractivity contribution >= 4 is 28.0 Å². The molecule has 0 aliphatic heterocycles. The molecular weight excluding hydrogens is 240 g/mol. The largest absolute Gasteiger partial charge is 0.623 e. The van der Waals surface area contributed by atoms with E-state index in [2.05, 4.69) is 9.97 Å². The maximum atomic E-state index is 12.4. The molecule has 1 atom stereocenters. The number of nitrogen functional groups attached to an aromatic ring is 1. The van der Waals surface area contributed by atoms with Crippen molar-refractivity contribution in [2.45, 2.75) is 6.92 Å². The molecule has 0 saturated heterocycles. The smallest absolute Gasteiger partial charge is 0.177 e. The van der Waals surface area contributed by atoms with Gasteiger partial charge in [0.25, 0.3) is 0 Å². The number of aryl methyl sites for hydroxylation is 1. The molecule has 0 bridgehead atoms. The van der Waals surface area contributed by atoms with Crippen molar-refractivity contribution in [2.24, 2.45) is 0 Å². The third kappa shape index (κ3) is 2.05. The highest BCUT2D eigenvalue weighted by molar-refractivity contribution is 5.82. The zero-order valence-electron chi connectivity index (χ0n) is 10.5. The average molecular weight is 254 g/mol. The fourth-order valence-corrected chi connectivity index (χ4v) is 2.17. The Bertz CT molecular complexity index is 735. The van der Waals surface area contributed by atoms with E-state index in [0.29, 0.717) is 17.1 Å². The normalized spacial score (nSPS) is 12.7. The summed E-state index contributed by atoms with van der Waals surface area (Å²) in [6.07, 6.45) is 3.08. The van der Waals surface area contributed by atoms with Gasteiger partial charge in [-0.25, -0.2) is 0 Å². The van der Waals surface area contributed by atoms with E-state index in [1.807, 2.05) is 25.1 Å². The number of quaternary nitrogens is 1. The maximum Gasteiger partial charge on any atom is 0.177 e. The van der Waals surface area contributed by atoms with Crippen LogP contribution in [0, 0.1) is 12.1 Å². The number of fused-ring (bicyclic) bond motifs is 1. The van der Waals surface area contributed by atoms with Gasteiger partial charge in [0.15, 0.2) is 5.69 Å². The number of hydrogen-bond donors (Lipinski definition) is 3. The van der Waals surface area contributed by atoms with E-state index in [0.717, 1.165) is 16.6 Å². The summed E-state index contributed by atoms with van der Waals surface area (Å²) in [5.74, 6) is 0. The SMILES string of the molecule is Cc1cc2cc([NH+]([O-])c3cnccc3N)ccc2[nH]1. The summed E-state index contributed by atoms with van der Waals surface area (Å²) in [4.78, 5) is 7.18. The Labute approximate surface area is 110 Å². The Kier molecular flexibility index (Phi) is 2.70. The number of anilines is 1. The van der Waals surface area contributed by atoms with Gasteiger partial charge >= 0.3 is 0 Å². The van der Waals surface area contributed by atoms with E-state index in [1.165, 1.54) is 6.20 Å². The van der Waals surface area contributed by atoms with Crippen LogP contribution in [0.2, 0.25) is 0 Å². The number of pyridine rings is 1. The molecule has 0 aliphatic carbocycles. The third-order valence-electron chi connectivity index (χ3n) is 3.12. The lowest BCUT2D eigenvalue weighted by molar-refractivity contribution is -0.697. The Hall–Kier alpha value is -2.37. The summed E-state index contributed by atoms with van der Waals surface area (Å²) in [7, 11) is 0. The van der Waals surface area contributed by atoms with Crippen LogP contribution < -0.4 is 10.8 Å². The van der Waals surface area contributed by atoms with E-state index in [1.54, 1.807) is 18.3 Å². The highest BCUT2D eigenvalue weighted by atomic mass is 16.5. The topological polar surface area (TPSA) is 82.2 Å². The summed E-state index contributed by atoms with van der Waals surface area (Å²) in [5.41, 5.74) is 9.41. The number of nitrogens with zero attached hydrogens (tertiary/aromatic N) is 1. The standard InChI is InChI=1S/C14H14N4O/c1-9-6-10-7-11(2-3-13(10)17-9)18(19)14-8-16-5-4-12(14)15/h2-8,17-18H,1H3,(H2,15,16). The van der Waals surface area contributed by atoms with Crippen LogP contribution >= 0.6 is 0 Å². The number of hydrogen-bond acceptors (Lipinski definition) is 3. The van der Waals surface area contributed by atoms with Gasteiger partial charge in [0, 0.05) is 34.9 Å². The van der Waals surface area contributed by atoms with E-state index in [-0.39, 0.29) is 5.06 Å². The fraction of sp³-hybridized carbons (Fsp3) is 0.0714. The maximum absolute atomic E-state index is 12.4. The minimum atomic E-state index is -0.105. The summed E-state index contributed by atoms with van der Waals surface area (Å²) in [6.45, 7) is 1.99. The van der Waals surface area contributed by atoms with Crippen LogP contribution in [0.4, 0.5) is 17.1 Å². The van der Waals surface area contributed by atoms with Gasteiger partial charge in [-0.05, 0) is 25.1 Å². The monoisotopic (exact) mass is 254 g/mol. The molecule has 3 aromatic rings. The summed E-state index contributed by atoms with van der Waals surface area (Å²) in [5, 5.41) is 13.3. The molecule has 96 valence electrons. The van der Waals surface area contributed by atoms with Crippen LogP contribution in [0.3, 0.4) is 0 Å². The molecule has 0 saturated carbocycles. The molecule has 5 heteroatoms. The van der Waals surface area contributed by atoms with Crippen LogP contribution in [0.5, 0.6) is 0 Å². The molecule has 2 heterocycles. The molecule has 19 heavy (non-hydrogen) atoms. The first-order valence-electron chi connectivity index (χ1n) is 5.99. The zero-order chi connectivity index (χ0) is 13.4. The molecule has 0 spiro atoms. The van der Waals surface area contributed by atoms with Crippen molar-refractivity contribution in [1.82, 2.24) is 9.97 Å². The molecular formula is C14H14N4O. The molecule has 3 rings (SSSR count). The Morgan fingerprint density at radius 1 is 1.26 bits per heavy atom. The van der Waals surface area contributed by atoms with Crippen molar-refractivity contribution in [3.8, 4) is 0 Å². The zero-order valence-corrected chi connectivity index (χ0v) is 10.5. The van der Waals surface area contributed by atoms with Crippen molar-refractivity contribution in [2.75, 3.05) is 5.73 Å². The lowest BCUT2D eigenvalue weighted by Crippen LogP contribution is -2.96. The quantitative estimate of drug-likeness (QED) is 0.610. The summed E-state index contributed by atoms with van der Waals surface area (Å²) in [6, 6.07) is 9.22. The van der Waals surface area contributed by atoms with Gasteiger partial charge < -0.3 is 21.0 Å². The Morgan fingerprint density at radius 2 is 2.11 bits per heavy atom. The van der Waals surface area contributed by atoms with Gasteiger partial charge in [-0.15, -0.1) is 0 Å². The molecule has 0 amide bonds. The summed E-state index contributed by atoms with van der Waals surface area (Å²) >= 11 is 0. The van der Waals surface area contributed by atoms with Crippen LogP contribution in [-0.4, -0.2) is 9.97 Å². The first kappa shape index (κ1) is 11.7. The lowest BCUT2D eigenvalue weighted by atomic mass is 10.2. The second-order valence-corrected chi connectivity index (χ2v) is 4.55. The average Bonchev–Trinajstić information content (AvgIpc) is 2.77.